The van der Waals surface area contributed by atoms with Gasteiger partial charge in [0.05, 0.1) is 31.8 Å². The van der Waals surface area contributed by atoms with Gasteiger partial charge in [0.1, 0.15) is 13.2 Å². The van der Waals surface area contributed by atoms with E-state index in [1.54, 1.807) is 18.9 Å². The van der Waals surface area contributed by atoms with Gasteiger partial charge in [-0.3, -0.25) is 9.35 Å². The third kappa shape index (κ3) is 14.0. The smallest absolute Gasteiger partial charge is 0.312 e. The number of hydrogen-bond acceptors (Lipinski definition) is 6. The first-order valence-corrected chi connectivity index (χ1v) is 12.6. The number of hydrogen-bond donors (Lipinski definition) is 1. The predicted octanol–water partition coefficient (Wildman–Crippen LogP) is 1.72. The van der Waals surface area contributed by atoms with Crippen molar-refractivity contribution in [1.29, 1.82) is 0 Å². The van der Waals surface area contributed by atoms with Crippen LogP contribution in [0.2, 0.25) is 6.04 Å². The third-order valence-electron chi connectivity index (χ3n) is 3.82. The molecule has 0 atom stereocenters. The topological polar surface area (TPSA) is 89.9 Å². The van der Waals surface area contributed by atoms with Crippen molar-refractivity contribution in [2.24, 2.45) is 5.41 Å². The van der Waals surface area contributed by atoms with Crippen molar-refractivity contribution in [2.45, 2.75) is 32.7 Å². The number of thioether (sulfide) groups is 1. The molecule has 10 heteroatoms. The summed E-state index contributed by atoms with van der Waals surface area (Å²) in [5.41, 5.74) is -0.531. The van der Waals surface area contributed by atoms with Crippen molar-refractivity contribution in [2.75, 3.05) is 58.2 Å². The van der Waals surface area contributed by atoms with E-state index in [4.69, 9.17) is 13.7 Å². The molecule has 0 heterocycles. The van der Waals surface area contributed by atoms with Gasteiger partial charge in [0.15, 0.2) is 0 Å². The van der Waals surface area contributed by atoms with Crippen LogP contribution in [0, 0.1) is 5.41 Å². The number of carbonyl (C=O) groups is 1. The zero-order chi connectivity index (χ0) is 20.3. The minimum atomic E-state index is -3.92. The lowest BCUT2D eigenvalue weighted by Gasteiger charge is -2.30. The van der Waals surface area contributed by atoms with E-state index in [0.29, 0.717) is 46.1 Å². The van der Waals surface area contributed by atoms with Gasteiger partial charge in [0.2, 0.25) is 9.76 Å². The first-order chi connectivity index (χ1) is 11.9. The Morgan fingerprint density at radius 1 is 1.23 bits per heavy atom. The molecule has 0 aliphatic carbocycles. The Bertz CT molecular complexity index is 511. The van der Waals surface area contributed by atoms with E-state index in [1.165, 1.54) is 0 Å². The minimum Gasteiger partial charge on any atom is -0.459 e. The summed E-state index contributed by atoms with van der Waals surface area (Å²) in [6.07, 6.45) is 1.45. The summed E-state index contributed by atoms with van der Waals surface area (Å²) in [5, 5.41) is 0. The van der Waals surface area contributed by atoms with Crippen molar-refractivity contribution in [3.63, 3.8) is 0 Å². The van der Waals surface area contributed by atoms with Crippen LogP contribution in [-0.2, 0) is 24.1 Å². The first-order valence-electron chi connectivity index (χ1n) is 8.68. The molecule has 0 unspecified atom stereocenters. The molecule has 0 aromatic rings. The van der Waals surface area contributed by atoms with Gasteiger partial charge >= 0.3 is 5.97 Å². The normalized spacial score (nSPS) is 13.0. The second kappa shape index (κ2) is 12.3. The number of ether oxygens (including phenoxy) is 1. The van der Waals surface area contributed by atoms with Crippen LogP contribution in [0.4, 0.5) is 0 Å². The first kappa shape index (κ1) is 25.9. The molecule has 7 nitrogen and oxygen atoms in total. The van der Waals surface area contributed by atoms with Crippen LogP contribution in [0.15, 0.2) is 0 Å². The van der Waals surface area contributed by atoms with Crippen molar-refractivity contribution < 1.29 is 31.4 Å². The molecule has 2 radical (unpaired) electrons. The number of quaternary nitrogens is 1. The largest absolute Gasteiger partial charge is 0.459 e. The number of rotatable bonds is 15. The number of esters is 1. The summed E-state index contributed by atoms with van der Waals surface area (Å²) in [4.78, 5) is 12.3. The molecule has 26 heavy (non-hydrogen) atoms. The highest BCUT2D eigenvalue weighted by atomic mass is 32.2. The van der Waals surface area contributed by atoms with Crippen LogP contribution in [0.5, 0.6) is 0 Å². The van der Waals surface area contributed by atoms with Crippen LogP contribution in [0.3, 0.4) is 0 Å². The molecular weight excluding hydrogens is 394 g/mol. The van der Waals surface area contributed by atoms with E-state index in [1.807, 2.05) is 27.9 Å². The maximum Gasteiger partial charge on any atom is 0.312 e. The average molecular weight is 429 g/mol. The van der Waals surface area contributed by atoms with E-state index in [2.05, 4.69) is 0 Å². The van der Waals surface area contributed by atoms with Crippen molar-refractivity contribution >= 4 is 37.6 Å². The predicted molar refractivity (Wildman–Crippen MR) is 107 cm³/mol. The van der Waals surface area contributed by atoms with E-state index >= 15 is 0 Å². The summed E-state index contributed by atoms with van der Waals surface area (Å²) in [6.45, 7) is 5.26. The summed E-state index contributed by atoms with van der Waals surface area (Å²) >= 11 is 1.75. The molecule has 0 saturated heterocycles. The Balaban J connectivity index is 4.06. The number of nitrogens with zero attached hydrogens (tertiary/aromatic N) is 1. The molecule has 1 N–H and O–H groups in total. The molecule has 0 fully saturated rings. The van der Waals surface area contributed by atoms with Gasteiger partial charge in [-0.1, -0.05) is 0 Å². The molecule has 0 aliphatic heterocycles. The van der Waals surface area contributed by atoms with Crippen LogP contribution in [0.25, 0.3) is 0 Å². The Labute approximate surface area is 165 Å². The van der Waals surface area contributed by atoms with Crippen LogP contribution < -0.4 is 0 Å². The Morgan fingerprint density at radius 3 is 2.46 bits per heavy atom. The standard InChI is InChI=1S/C16H33NO6S2Si/c1-16(2,14-24-11-7-13-26-22-5)15(18)23-10-9-17(3,4)8-6-12-25(19,20)21/h6-14H2,1-5H3/p+1. The monoisotopic (exact) mass is 428 g/mol. The highest BCUT2D eigenvalue weighted by Gasteiger charge is 2.30. The lowest BCUT2D eigenvalue weighted by Crippen LogP contribution is -2.44. The summed E-state index contributed by atoms with van der Waals surface area (Å²) in [7, 11) is 2.22. The molecular formula is C16H34NO6S2Si+. The number of carbonyl (C=O) groups excluding carboxylic acids is 1. The fourth-order valence-corrected chi connectivity index (χ4v) is 4.50. The van der Waals surface area contributed by atoms with E-state index in [0.717, 1.165) is 18.2 Å². The Kier molecular flexibility index (Phi) is 12.3. The molecule has 0 bridgehead atoms. The van der Waals surface area contributed by atoms with E-state index in [9.17, 15) is 13.2 Å². The fraction of sp³-hybridized carbons (Fsp3) is 0.938. The molecule has 0 amide bonds. The highest BCUT2D eigenvalue weighted by molar-refractivity contribution is 7.99. The molecule has 0 aromatic heterocycles. The molecule has 0 spiro atoms. The van der Waals surface area contributed by atoms with E-state index in [-0.39, 0.29) is 11.7 Å². The lowest BCUT2D eigenvalue weighted by atomic mass is 9.97. The average Bonchev–Trinajstić information content (AvgIpc) is 2.48. The summed E-state index contributed by atoms with van der Waals surface area (Å²) < 4.78 is 41.3. The number of likely N-dealkylation sites (N-methyl/N-ethyl adjacent to an activating group) is 1. The molecule has 0 aliphatic rings. The SMILES string of the molecule is CO[Si]CCCSCC(C)(C)C(=O)OCC[N+](C)(C)CCCS(=O)(=O)O. The summed E-state index contributed by atoms with van der Waals surface area (Å²) in [5.74, 6) is 1.27. The zero-order valence-electron chi connectivity index (χ0n) is 16.6. The summed E-state index contributed by atoms with van der Waals surface area (Å²) in [6, 6.07) is 1.05. The van der Waals surface area contributed by atoms with Gasteiger partial charge in [-0.15, -0.1) is 0 Å². The maximum absolute atomic E-state index is 12.3. The van der Waals surface area contributed by atoms with Crippen LogP contribution in [-0.4, -0.2) is 91.3 Å². The van der Waals surface area contributed by atoms with E-state index < -0.39 is 15.5 Å². The minimum absolute atomic E-state index is 0.207. The van der Waals surface area contributed by atoms with Crippen LogP contribution in [0.1, 0.15) is 26.7 Å². The quantitative estimate of drug-likeness (QED) is 0.140. The fourth-order valence-electron chi connectivity index (χ4n) is 2.10. The second-order valence-electron chi connectivity index (χ2n) is 7.55. The van der Waals surface area contributed by atoms with Gasteiger partial charge in [-0.05, 0) is 32.1 Å². The third-order valence-corrected chi connectivity index (χ3v) is 6.98. The van der Waals surface area contributed by atoms with Gasteiger partial charge in [-0.2, -0.15) is 20.2 Å². The highest BCUT2D eigenvalue weighted by Crippen LogP contribution is 2.24. The maximum atomic E-state index is 12.3. The lowest BCUT2D eigenvalue weighted by molar-refractivity contribution is -0.890. The van der Waals surface area contributed by atoms with Crippen LogP contribution >= 0.6 is 11.8 Å². The van der Waals surface area contributed by atoms with Crippen molar-refractivity contribution in [3.8, 4) is 0 Å². The van der Waals surface area contributed by atoms with Gasteiger partial charge < -0.3 is 13.6 Å². The molecule has 0 aromatic carbocycles. The zero-order valence-corrected chi connectivity index (χ0v) is 19.2. The van der Waals surface area contributed by atoms with Gasteiger partial charge in [0.25, 0.3) is 10.1 Å². The molecule has 0 rings (SSSR count). The van der Waals surface area contributed by atoms with Gasteiger partial charge in [0, 0.05) is 19.3 Å². The Hall–Kier alpha value is -0.133. The Morgan fingerprint density at radius 2 is 1.88 bits per heavy atom. The van der Waals surface area contributed by atoms with Crippen molar-refractivity contribution in [1.82, 2.24) is 0 Å². The van der Waals surface area contributed by atoms with Gasteiger partial charge in [-0.25, -0.2) is 0 Å². The van der Waals surface area contributed by atoms with Crippen molar-refractivity contribution in [3.05, 3.63) is 0 Å². The second-order valence-corrected chi connectivity index (χ2v) is 11.4. The molecule has 154 valence electrons. The molecule has 0 saturated carbocycles.